The Kier molecular flexibility index (Phi) is 8.71. The highest BCUT2D eigenvalue weighted by atomic mass is 32.2. The highest BCUT2D eigenvalue weighted by Gasteiger charge is 2.30. The Morgan fingerprint density at radius 2 is 1.92 bits per heavy atom. The average Bonchev–Trinajstić information content (AvgIpc) is 3.53. The molecule has 0 radical (unpaired) electrons. The van der Waals surface area contributed by atoms with Gasteiger partial charge >= 0.3 is 0 Å². The van der Waals surface area contributed by atoms with Crippen molar-refractivity contribution < 1.29 is 9.59 Å². The Labute approximate surface area is 230 Å². The number of thioether (sulfide) groups is 1. The molecular formula is C27H33N5O2S3. The van der Waals surface area contributed by atoms with Crippen LogP contribution in [0, 0.1) is 0 Å². The second-order valence-corrected chi connectivity index (χ2v) is 13.6. The number of thiazole rings is 2. The molecule has 0 unspecified atom stereocenters. The number of benzene rings is 1. The van der Waals surface area contributed by atoms with E-state index in [0.717, 1.165) is 32.9 Å². The summed E-state index contributed by atoms with van der Waals surface area (Å²) in [4.78, 5) is 37.1. The predicted molar refractivity (Wildman–Crippen MR) is 155 cm³/mol. The van der Waals surface area contributed by atoms with Crippen LogP contribution in [0.1, 0.15) is 60.8 Å². The van der Waals surface area contributed by atoms with Gasteiger partial charge in [0.05, 0.1) is 16.2 Å². The number of carbonyl (C=O) groups excluding carboxylic acids is 2. The molecule has 37 heavy (non-hydrogen) atoms. The van der Waals surface area contributed by atoms with Crippen LogP contribution in [-0.2, 0) is 16.0 Å². The van der Waals surface area contributed by atoms with E-state index in [1.54, 1.807) is 58.7 Å². The number of nitrogens with one attached hydrogen (secondary N) is 2. The summed E-state index contributed by atoms with van der Waals surface area (Å²) < 4.78 is 1.15. The number of likely N-dealkylation sites (tertiary alicyclic amines) is 1. The van der Waals surface area contributed by atoms with Crippen molar-refractivity contribution in [2.24, 2.45) is 0 Å². The summed E-state index contributed by atoms with van der Waals surface area (Å²) in [6, 6.07) is 7.28. The maximum Gasteiger partial charge on any atom is 0.254 e. The van der Waals surface area contributed by atoms with Crippen molar-refractivity contribution in [1.82, 2.24) is 14.9 Å². The van der Waals surface area contributed by atoms with Crippen LogP contribution in [0.25, 0.3) is 0 Å². The minimum absolute atomic E-state index is 0.00551. The van der Waals surface area contributed by atoms with Crippen LogP contribution in [-0.4, -0.2) is 45.3 Å². The molecule has 10 heteroatoms. The highest BCUT2D eigenvalue weighted by Crippen LogP contribution is 2.34. The van der Waals surface area contributed by atoms with Crippen molar-refractivity contribution in [3.05, 3.63) is 64.8 Å². The summed E-state index contributed by atoms with van der Waals surface area (Å²) >= 11 is 5.18. The fourth-order valence-corrected chi connectivity index (χ4v) is 6.91. The van der Waals surface area contributed by atoms with E-state index in [9.17, 15) is 9.59 Å². The standard InChI is InChI=1S/C27H33N5O2S3/c1-6-22(33)30-19-11-8-18(9-12-19)25(34)32-15-20(10-7-17(32)2)31-26-29-14-24(37-26)35-16-23-28-13-21(36-23)27(3,4)5/h6,8-9,11-14,17,20H,1,7,10,15-16H2,2-5H3,(H,29,31)(H,30,33)/t17-,20+/m0/s1. The zero-order valence-corrected chi connectivity index (χ0v) is 24.1. The molecule has 0 spiro atoms. The third-order valence-corrected chi connectivity index (χ3v) is 9.91. The molecule has 3 heterocycles. The van der Waals surface area contributed by atoms with Crippen LogP contribution < -0.4 is 10.6 Å². The molecule has 1 aliphatic heterocycles. The van der Waals surface area contributed by atoms with Crippen LogP contribution in [0.5, 0.6) is 0 Å². The van der Waals surface area contributed by atoms with Gasteiger partial charge in [0.15, 0.2) is 5.13 Å². The van der Waals surface area contributed by atoms with Gasteiger partial charge < -0.3 is 15.5 Å². The Morgan fingerprint density at radius 1 is 1.16 bits per heavy atom. The number of hydrogen-bond acceptors (Lipinski definition) is 8. The molecule has 1 aliphatic rings. The second kappa shape index (κ2) is 11.8. The summed E-state index contributed by atoms with van der Waals surface area (Å²) in [5.41, 5.74) is 1.37. The Balaban J connectivity index is 1.32. The number of hydrogen-bond donors (Lipinski definition) is 2. The smallest absolute Gasteiger partial charge is 0.254 e. The predicted octanol–water partition coefficient (Wildman–Crippen LogP) is 6.42. The van der Waals surface area contributed by atoms with Crippen molar-refractivity contribution in [3.8, 4) is 0 Å². The van der Waals surface area contributed by atoms with Crippen LogP contribution in [0.3, 0.4) is 0 Å². The molecule has 196 valence electrons. The number of piperidine rings is 1. The topological polar surface area (TPSA) is 87.2 Å². The largest absolute Gasteiger partial charge is 0.357 e. The van der Waals surface area contributed by atoms with Gasteiger partial charge in [-0.05, 0) is 55.5 Å². The Morgan fingerprint density at radius 3 is 2.59 bits per heavy atom. The molecule has 0 aliphatic carbocycles. The lowest BCUT2D eigenvalue weighted by atomic mass is 9.96. The molecule has 2 amide bonds. The summed E-state index contributed by atoms with van der Waals surface area (Å²) in [6.07, 6.45) is 7.02. The molecule has 0 bridgehead atoms. The first kappa shape index (κ1) is 27.3. The van der Waals surface area contributed by atoms with Crippen LogP contribution >= 0.6 is 34.4 Å². The minimum atomic E-state index is -0.278. The van der Waals surface area contributed by atoms with Crippen LogP contribution in [0.2, 0.25) is 0 Å². The summed E-state index contributed by atoms with van der Waals surface area (Å²) in [6.45, 7) is 12.8. The van der Waals surface area contributed by atoms with Gasteiger partial charge in [-0.2, -0.15) is 0 Å². The molecule has 1 fully saturated rings. The van der Waals surface area contributed by atoms with E-state index < -0.39 is 0 Å². The lowest BCUT2D eigenvalue weighted by molar-refractivity contribution is -0.111. The van der Waals surface area contributed by atoms with E-state index in [-0.39, 0.29) is 29.3 Å². The molecule has 7 nitrogen and oxygen atoms in total. The zero-order valence-electron chi connectivity index (χ0n) is 21.6. The van der Waals surface area contributed by atoms with E-state index >= 15 is 0 Å². The molecule has 2 aromatic heterocycles. The van der Waals surface area contributed by atoms with Crippen LogP contribution in [0.4, 0.5) is 10.8 Å². The van der Waals surface area contributed by atoms with E-state index in [2.05, 4.69) is 54.9 Å². The second-order valence-electron chi connectivity index (χ2n) is 10.1. The van der Waals surface area contributed by atoms with Gasteiger partial charge in [-0.15, -0.1) is 23.1 Å². The highest BCUT2D eigenvalue weighted by molar-refractivity contribution is 8.00. The zero-order chi connectivity index (χ0) is 26.6. The first-order chi connectivity index (χ1) is 17.6. The summed E-state index contributed by atoms with van der Waals surface area (Å²) in [5, 5.41) is 8.26. The van der Waals surface area contributed by atoms with Crippen molar-refractivity contribution in [1.29, 1.82) is 0 Å². The van der Waals surface area contributed by atoms with E-state index in [1.807, 2.05) is 17.3 Å². The van der Waals surface area contributed by atoms with Crippen molar-refractivity contribution in [3.63, 3.8) is 0 Å². The van der Waals surface area contributed by atoms with Gasteiger partial charge in [0.2, 0.25) is 5.91 Å². The molecule has 4 rings (SSSR count). The fraction of sp³-hybridized carbons (Fsp3) is 0.407. The lowest BCUT2D eigenvalue weighted by Gasteiger charge is -2.38. The molecule has 0 saturated carbocycles. The number of nitrogens with zero attached hydrogens (tertiary/aromatic N) is 3. The summed E-state index contributed by atoms with van der Waals surface area (Å²) in [5.74, 6) is 0.551. The molecule has 3 aromatic rings. The number of aromatic nitrogens is 2. The first-order valence-corrected chi connectivity index (χ1v) is 14.9. The fourth-order valence-electron chi connectivity index (χ4n) is 3.99. The number of anilines is 2. The van der Waals surface area contributed by atoms with Gasteiger partial charge in [-0.1, -0.05) is 38.7 Å². The van der Waals surface area contributed by atoms with E-state index in [1.165, 1.54) is 11.0 Å². The molecular weight excluding hydrogens is 523 g/mol. The first-order valence-electron chi connectivity index (χ1n) is 12.3. The van der Waals surface area contributed by atoms with Gasteiger partial charge in [0.25, 0.3) is 5.91 Å². The van der Waals surface area contributed by atoms with E-state index in [4.69, 9.17) is 0 Å². The molecule has 2 atom stereocenters. The SMILES string of the molecule is C=CC(=O)Nc1ccc(C(=O)N2C[C@H](Nc3ncc(SCc4ncc(C(C)(C)C)s4)s3)CC[C@@H]2C)cc1. The van der Waals surface area contributed by atoms with Crippen molar-refractivity contribution in [2.75, 3.05) is 17.2 Å². The average molecular weight is 556 g/mol. The van der Waals surface area contributed by atoms with Crippen LogP contribution in [0.15, 0.2) is 53.5 Å². The Bertz CT molecular complexity index is 1250. The lowest BCUT2D eigenvalue weighted by Crippen LogP contribution is -2.49. The summed E-state index contributed by atoms with van der Waals surface area (Å²) in [7, 11) is 0. The quantitative estimate of drug-likeness (QED) is 0.246. The number of rotatable bonds is 8. The Hall–Kier alpha value is -2.69. The number of carbonyl (C=O) groups is 2. The van der Waals surface area contributed by atoms with Gasteiger partial charge in [-0.3, -0.25) is 9.59 Å². The third kappa shape index (κ3) is 7.21. The normalized spacial score (nSPS) is 17.9. The van der Waals surface area contributed by atoms with Crippen molar-refractivity contribution in [2.45, 2.75) is 68.0 Å². The third-order valence-electron chi connectivity index (χ3n) is 6.17. The molecule has 2 N–H and O–H groups in total. The van der Waals surface area contributed by atoms with E-state index in [0.29, 0.717) is 17.8 Å². The maximum absolute atomic E-state index is 13.3. The van der Waals surface area contributed by atoms with Gasteiger partial charge in [-0.25, -0.2) is 9.97 Å². The number of amides is 2. The molecule has 1 aromatic carbocycles. The molecule has 1 saturated heterocycles. The minimum Gasteiger partial charge on any atom is -0.357 e. The van der Waals surface area contributed by atoms with Gasteiger partial charge in [0.1, 0.15) is 5.01 Å². The maximum atomic E-state index is 13.3. The van der Waals surface area contributed by atoms with Crippen molar-refractivity contribution >= 4 is 57.1 Å². The van der Waals surface area contributed by atoms with Gasteiger partial charge in [0, 0.05) is 41.0 Å². The monoisotopic (exact) mass is 555 g/mol.